The molecule has 0 aliphatic carbocycles. The zero-order chi connectivity index (χ0) is 25.7. The second-order valence-electron chi connectivity index (χ2n) is 9.12. The number of ether oxygens (including phenoxy) is 1. The molecule has 2 aliphatic heterocycles. The summed E-state index contributed by atoms with van der Waals surface area (Å²) in [7, 11) is 0. The largest absolute Gasteiger partial charge is 0.341 e. The summed E-state index contributed by atoms with van der Waals surface area (Å²) < 4.78 is 35.1. The number of amides is 2. The lowest BCUT2D eigenvalue weighted by atomic mass is 10.1. The quantitative estimate of drug-likeness (QED) is 0.394. The Morgan fingerprint density at radius 1 is 1.14 bits per heavy atom. The second-order valence-corrected chi connectivity index (χ2v) is 9.90. The first kappa shape index (κ1) is 23.5. The van der Waals surface area contributed by atoms with Crippen LogP contribution in [0.5, 0.6) is 0 Å². The van der Waals surface area contributed by atoms with Gasteiger partial charge in [0.2, 0.25) is 5.91 Å². The number of benzene rings is 2. The van der Waals surface area contributed by atoms with Gasteiger partial charge in [-0.1, -0.05) is 12.1 Å². The van der Waals surface area contributed by atoms with Crippen LogP contribution in [0.4, 0.5) is 14.5 Å². The van der Waals surface area contributed by atoms with E-state index < -0.39 is 24.0 Å². The van der Waals surface area contributed by atoms with E-state index in [1.165, 1.54) is 22.1 Å². The first-order valence-electron chi connectivity index (χ1n) is 11.8. The van der Waals surface area contributed by atoms with Crippen LogP contribution < -0.4 is 5.32 Å². The van der Waals surface area contributed by atoms with Crippen molar-refractivity contribution in [1.29, 1.82) is 0 Å². The molecule has 2 atom stereocenters. The number of hydrogen-bond donors (Lipinski definition) is 1. The number of carbonyl (C=O) groups excluding carboxylic acids is 2. The molecule has 2 amide bonds. The molecule has 1 fully saturated rings. The van der Waals surface area contributed by atoms with Crippen molar-refractivity contribution in [1.82, 2.24) is 14.7 Å². The minimum absolute atomic E-state index is 0.0248. The van der Waals surface area contributed by atoms with E-state index in [1.807, 2.05) is 35.0 Å². The van der Waals surface area contributed by atoms with Crippen molar-refractivity contribution in [2.24, 2.45) is 0 Å². The van der Waals surface area contributed by atoms with Gasteiger partial charge in [0.25, 0.3) is 5.91 Å². The first-order chi connectivity index (χ1) is 17.9. The van der Waals surface area contributed by atoms with E-state index in [4.69, 9.17) is 4.74 Å². The highest BCUT2D eigenvalue weighted by Crippen LogP contribution is 2.38. The van der Waals surface area contributed by atoms with Crippen LogP contribution in [0.15, 0.2) is 59.4 Å². The molecule has 4 aromatic rings. The van der Waals surface area contributed by atoms with E-state index in [0.717, 1.165) is 34.5 Å². The fourth-order valence-corrected chi connectivity index (χ4v) is 5.42. The number of nitrogens with one attached hydrogen (secondary N) is 1. The summed E-state index contributed by atoms with van der Waals surface area (Å²) in [6, 6.07) is 11.3. The third-order valence-corrected chi connectivity index (χ3v) is 7.34. The van der Waals surface area contributed by atoms with E-state index in [1.54, 1.807) is 18.0 Å². The summed E-state index contributed by atoms with van der Waals surface area (Å²) in [6.07, 6.45) is 1.28. The number of hydrogen-bond acceptors (Lipinski definition) is 5. The average Bonchev–Trinajstić information content (AvgIpc) is 3.66. The van der Waals surface area contributed by atoms with Crippen LogP contribution in [0.25, 0.3) is 16.9 Å². The summed E-state index contributed by atoms with van der Waals surface area (Å²) in [4.78, 5) is 26.5. The van der Waals surface area contributed by atoms with Gasteiger partial charge in [-0.3, -0.25) is 9.59 Å². The zero-order valence-electron chi connectivity index (χ0n) is 19.8. The lowest BCUT2D eigenvalue weighted by Gasteiger charge is -2.23. The molecule has 7 nitrogen and oxygen atoms in total. The minimum Gasteiger partial charge on any atom is -0.341 e. The third-order valence-electron chi connectivity index (χ3n) is 6.65. The molecule has 0 radical (unpaired) electrons. The fraction of sp³-hybridized carbons (Fsp3) is 0.222. The lowest BCUT2D eigenvalue weighted by molar-refractivity contribution is -0.130. The number of fused-ring (bicyclic) bond motifs is 1. The van der Waals surface area contributed by atoms with Crippen molar-refractivity contribution in [3.63, 3.8) is 0 Å². The van der Waals surface area contributed by atoms with Gasteiger partial charge in [-0.2, -0.15) is 16.4 Å². The smallest absolute Gasteiger partial charge is 0.253 e. The fourth-order valence-electron chi connectivity index (χ4n) is 4.78. The standard InChI is InChI=1S/C27H22F2N4O3S/c1-15-26(35)32(8-6-16-2-5-23-18(10-16)11-24(34)30-23)27(36-15)20-13-33(19-3-4-21(28)22(29)12-19)31-25(20)17-7-9-37-14-17/h2-5,7,9-10,12-15,27H,6,8,11H2,1H3,(H,30,34)/t15-,27-/m0/s1. The molecule has 1 saturated heterocycles. The Balaban J connectivity index is 1.33. The maximum atomic E-state index is 14.0. The summed E-state index contributed by atoms with van der Waals surface area (Å²) in [5.41, 5.74) is 5.24. The molecule has 0 spiro atoms. The molecule has 10 heteroatoms. The molecule has 188 valence electrons. The highest BCUT2D eigenvalue weighted by Gasteiger charge is 2.40. The van der Waals surface area contributed by atoms with Gasteiger partial charge in [0, 0.05) is 41.0 Å². The Morgan fingerprint density at radius 2 is 2.00 bits per heavy atom. The summed E-state index contributed by atoms with van der Waals surface area (Å²) in [5.74, 6) is -2.07. The van der Waals surface area contributed by atoms with Gasteiger partial charge in [0.05, 0.1) is 12.1 Å². The summed E-state index contributed by atoms with van der Waals surface area (Å²) in [6.45, 7) is 2.11. The number of nitrogens with zero attached hydrogens (tertiary/aromatic N) is 3. The molecule has 0 saturated carbocycles. The number of rotatable bonds is 6. The maximum Gasteiger partial charge on any atom is 0.253 e. The number of anilines is 1. The molecule has 6 rings (SSSR count). The highest BCUT2D eigenvalue weighted by molar-refractivity contribution is 7.08. The predicted octanol–water partition coefficient (Wildman–Crippen LogP) is 4.86. The van der Waals surface area contributed by atoms with Crippen LogP contribution in [0.1, 0.15) is 29.8 Å². The van der Waals surface area contributed by atoms with Gasteiger partial charge in [-0.05, 0) is 54.1 Å². The van der Waals surface area contributed by atoms with Crippen molar-refractivity contribution in [2.45, 2.75) is 32.1 Å². The van der Waals surface area contributed by atoms with Crippen molar-refractivity contribution in [2.75, 3.05) is 11.9 Å². The zero-order valence-corrected chi connectivity index (χ0v) is 20.6. The molecule has 37 heavy (non-hydrogen) atoms. The predicted molar refractivity (Wildman–Crippen MR) is 134 cm³/mol. The second kappa shape index (κ2) is 9.20. The van der Waals surface area contributed by atoms with Gasteiger partial charge in [0.15, 0.2) is 17.9 Å². The first-order valence-corrected chi connectivity index (χ1v) is 12.8. The van der Waals surface area contributed by atoms with Crippen LogP contribution in [0.3, 0.4) is 0 Å². The van der Waals surface area contributed by atoms with E-state index in [2.05, 4.69) is 10.4 Å². The van der Waals surface area contributed by atoms with Gasteiger partial charge >= 0.3 is 0 Å². The van der Waals surface area contributed by atoms with E-state index in [-0.39, 0.29) is 11.8 Å². The van der Waals surface area contributed by atoms with Gasteiger partial charge in [-0.15, -0.1) is 0 Å². The van der Waals surface area contributed by atoms with Gasteiger partial charge < -0.3 is 15.0 Å². The van der Waals surface area contributed by atoms with Gasteiger partial charge in [-0.25, -0.2) is 13.5 Å². The molecule has 4 heterocycles. The molecule has 2 aromatic carbocycles. The Bertz CT molecular complexity index is 1520. The molecular weight excluding hydrogens is 498 g/mol. The lowest BCUT2D eigenvalue weighted by Crippen LogP contribution is -2.32. The van der Waals surface area contributed by atoms with E-state index in [9.17, 15) is 18.4 Å². The minimum atomic E-state index is -0.972. The van der Waals surface area contributed by atoms with Crippen molar-refractivity contribution >= 4 is 28.8 Å². The van der Waals surface area contributed by atoms with Crippen LogP contribution in [-0.4, -0.2) is 39.1 Å². The molecular formula is C27H22F2N4O3S. The Morgan fingerprint density at radius 3 is 2.78 bits per heavy atom. The van der Waals surface area contributed by atoms with E-state index >= 15 is 0 Å². The van der Waals surface area contributed by atoms with Gasteiger partial charge in [0.1, 0.15) is 11.8 Å². The van der Waals surface area contributed by atoms with Crippen molar-refractivity contribution < 1.29 is 23.1 Å². The highest BCUT2D eigenvalue weighted by atomic mass is 32.1. The Kier molecular flexibility index (Phi) is 5.85. The monoisotopic (exact) mass is 520 g/mol. The number of halogens is 2. The number of carbonyl (C=O) groups is 2. The van der Waals surface area contributed by atoms with Crippen molar-refractivity contribution in [3.8, 4) is 16.9 Å². The molecule has 1 N–H and O–H groups in total. The maximum absolute atomic E-state index is 14.0. The molecule has 2 aromatic heterocycles. The van der Waals surface area contributed by atoms with E-state index in [0.29, 0.717) is 36.3 Å². The Labute approximate surface area is 215 Å². The number of thiophene rings is 1. The van der Waals surface area contributed by atoms with Crippen LogP contribution >= 0.6 is 11.3 Å². The molecule has 0 unspecified atom stereocenters. The van der Waals surface area contributed by atoms with Crippen LogP contribution in [0, 0.1) is 11.6 Å². The normalized spacial score (nSPS) is 18.9. The third kappa shape index (κ3) is 4.32. The summed E-state index contributed by atoms with van der Waals surface area (Å²) >= 11 is 1.51. The SMILES string of the molecule is C[C@@H]1O[C@@H](c2cn(-c3ccc(F)c(F)c3)nc2-c2ccsc2)N(CCc2ccc3c(c2)CC(=O)N3)C1=O. The summed E-state index contributed by atoms with van der Waals surface area (Å²) in [5, 5.41) is 11.4. The van der Waals surface area contributed by atoms with Crippen LogP contribution in [-0.2, 0) is 27.2 Å². The topological polar surface area (TPSA) is 76.5 Å². The average molecular weight is 521 g/mol. The number of aromatic nitrogens is 2. The van der Waals surface area contributed by atoms with Crippen LogP contribution in [0.2, 0.25) is 0 Å². The Hall–Kier alpha value is -3.89. The van der Waals surface area contributed by atoms with Crippen molar-refractivity contribution in [3.05, 3.63) is 87.7 Å². The molecule has 2 aliphatic rings. The molecule has 0 bridgehead atoms.